The molecule has 1 heterocycles. The Morgan fingerprint density at radius 2 is 2.00 bits per heavy atom. The molecule has 22 heavy (non-hydrogen) atoms. The lowest BCUT2D eigenvalue weighted by Gasteiger charge is -2.22. The van der Waals surface area contributed by atoms with E-state index in [1.54, 1.807) is 30.6 Å². The number of benzene rings is 1. The summed E-state index contributed by atoms with van der Waals surface area (Å²) < 4.78 is 0. The molecule has 0 aliphatic rings. The molecule has 1 amide bonds. The molecule has 1 aromatic carbocycles. The number of hydrogen-bond acceptors (Lipinski definition) is 4. The van der Waals surface area contributed by atoms with Crippen molar-refractivity contribution in [3.8, 4) is 11.5 Å². The quantitative estimate of drug-likeness (QED) is 0.908. The van der Waals surface area contributed by atoms with Crippen molar-refractivity contribution in [3.05, 3.63) is 47.8 Å². The van der Waals surface area contributed by atoms with Gasteiger partial charge < -0.3 is 15.1 Å². The van der Waals surface area contributed by atoms with Crippen LogP contribution in [-0.4, -0.2) is 27.6 Å². The van der Waals surface area contributed by atoms with Gasteiger partial charge in [-0.1, -0.05) is 13.8 Å². The van der Waals surface area contributed by atoms with Crippen LogP contribution in [0.25, 0.3) is 0 Å². The van der Waals surface area contributed by atoms with Crippen molar-refractivity contribution in [1.82, 2.24) is 4.98 Å². The van der Waals surface area contributed by atoms with Gasteiger partial charge in [0.25, 0.3) is 5.91 Å². The smallest absolute Gasteiger partial charge is 0.262 e. The molecule has 1 aromatic heterocycles. The van der Waals surface area contributed by atoms with Crippen LogP contribution in [0, 0.1) is 0 Å². The predicted molar refractivity (Wildman–Crippen MR) is 85.4 cm³/mol. The molecule has 2 rings (SSSR count). The van der Waals surface area contributed by atoms with E-state index in [0.717, 1.165) is 0 Å². The predicted octanol–water partition coefficient (Wildman–Crippen LogP) is 3.28. The molecule has 0 atom stereocenters. The van der Waals surface area contributed by atoms with Crippen LogP contribution < -0.4 is 4.90 Å². The van der Waals surface area contributed by atoms with E-state index in [1.807, 2.05) is 20.8 Å². The Balaban J connectivity index is 2.46. The summed E-state index contributed by atoms with van der Waals surface area (Å²) >= 11 is 0. The zero-order chi connectivity index (χ0) is 16.3. The number of carbonyl (C=O) groups is 1. The first-order chi connectivity index (χ1) is 10.5. The van der Waals surface area contributed by atoms with Crippen molar-refractivity contribution in [3.63, 3.8) is 0 Å². The standard InChI is InChI=1S/C17H20N2O3/c1-4-19(12-6-5-7-18-10-12)17(22)14-8-13(11(2)3)15(20)9-16(14)21/h5-11,20-21H,4H2,1-3H3. The number of phenols is 2. The van der Waals surface area contributed by atoms with Crippen molar-refractivity contribution < 1.29 is 15.0 Å². The van der Waals surface area contributed by atoms with Gasteiger partial charge in [-0.15, -0.1) is 0 Å². The number of rotatable bonds is 4. The van der Waals surface area contributed by atoms with Crippen LogP contribution in [0.15, 0.2) is 36.7 Å². The highest BCUT2D eigenvalue weighted by Gasteiger charge is 2.22. The average Bonchev–Trinajstić information content (AvgIpc) is 2.48. The Bertz CT molecular complexity index is 669. The number of phenolic OH excluding ortho intramolecular Hbond substituents is 2. The third-order valence-corrected chi connectivity index (χ3v) is 3.52. The van der Waals surface area contributed by atoms with Crippen molar-refractivity contribution >= 4 is 11.6 Å². The van der Waals surface area contributed by atoms with Gasteiger partial charge in [-0.2, -0.15) is 0 Å². The van der Waals surface area contributed by atoms with Crippen molar-refractivity contribution in [2.24, 2.45) is 0 Å². The summed E-state index contributed by atoms with van der Waals surface area (Å²) in [6, 6.07) is 6.31. The number of aromatic nitrogens is 1. The highest BCUT2D eigenvalue weighted by atomic mass is 16.3. The van der Waals surface area contributed by atoms with Gasteiger partial charge in [-0.25, -0.2) is 0 Å². The second kappa shape index (κ2) is 6.47. The second-order valence-electron chi connectivity index (χ2n) is 5.34. The van der Waals surface area contributed by atoms with E-state index < -0.39 is 0 Å². The van der Waals surface area contributed by atoms with Gasteiger partial charge in [-0.3, -0.25) is 9.78 Å². The topological polar surface area (TPSA) is 73.7 Å². The van der Waals surface area contributed by atoms with E-state index in [2.05, 4.69) is 4.98 Å². The molecule has 0 saturated carbocycles. The van der Waals surface area contributed by atoms with Crippen LogP contribution in [0.4, 0.5) is 5.69 Å². The lowest BCUT2D eigenvalue weighted by Crippen LogP contribution is -2.30. The van der Waals surface area contributed by atoms with Gasteiger partial charge >= 0.3 is 0 Å². The maximum absolute atomic E-state index is 12.7. The van der Waals surface area contributed by atoms with E-state index in [9.17, 15) is 15.0 Å². The van der Waals surface area contributed by atoms with Crippen LogP contribution >= 0.6 is 0 Å². The Labute approximate surface area is 129 Å². The molecular weight excluding hydrogens is 280 g/mol. The lowest BCUT2D eigenvalue weighted by atomic mass is 9.98. The van der Waals surface area contributed by atoms with E-state index in [1.165, 1.54) is 11.0 Å². The number of nitrogens with zero attached hydrogens (tertiary/aromatic N) is 2. The average molecular weight is 300 g/mol. The summed E-state index contributed by atoms with van der Waals surface area (Å²) in [4.78, 5) is 18.3. The van der Waals surface area contributed by atoms with Gasteiger partial charge in [0.05, 0.1) is 17.4 Å². The fourth-order valence-corrected chi connectivity index (χ4v) is 2.33. The Hall–Kier alpha value is -2.56. The SMILES string of the molecule is CCN(C(=O)c1cc(C(C)C)c(O)cc1O)c1cccnc1. The van der Waals surface area contributed by atoms with E-state index in [0.29, 0.717) is 17.8 Å². The summed E-state index contributed by atoms with van der Waals surface area (Å²) in [7, 11) is 0. The van der Waals surface area contributed by atoms with Gasteiger partial charge in [-0.05, 0) is 36.6 Å². The number of anilines is 1. The molecule has 0 unspecified atom stereocenters. The summed E-state index contributed by atoms with van der Waals surface area (Å²) in [6.07, 6.45) is 3.24. The fourth-order valence-electron chi connectivity index (χ4n) is 2.33. The summed E-state index contributed by atoms with van der Waals surface area (Å²) in [6.45, 7) is 6.13. The van der Waals surface area contributed by atoms with Gasteiger partial charge in [0.2, 0.25) is 0 Å². The summed E-state index contributed by atoms with van der Waals surface area (Å²) in [5, 5.41) is 19.9. The molecule has 0 radical (unpaired) electrons. The minimum atomic E-state index is -0.324. The van der Waals surface area contributed by atoms with Crippen LogP contribution in [-0.2, 0) is 0 Å². The van der Waals surface area contributed by atoms with E-state index in [4.69, 9.17) is 0 Å². The number of carbonyl (C=O) groups excluding carboxylic acids is 1. The molecule has 0 fully saturated rings. The van der Waals surface area contributed by atoms with Crippen LogP contribution in [0.2, 0.25) is 0 Å². The van der Waals surface area contributed by atoms with Crippen LogP contribution in [0.1, 0.15) is 42.6 Å². The monoisotopic (exact) mass is 300 g/mol. The van der Waals surface area contributed by atoms with Crippen molar-refractivity contribution in [1.29, 1.82) is 0 Å². The van der Waals surface area contributed by atoms with Crippen LogP contribution in [0.3, 0.4) is 0 Å². The van der Waals surface area contributed by atoms with Gasteiger partial charge in [0.1, 0.15) is 11.5 Å². The maximum Gasteiger partial charge on any atom is 0.262 e. The maximum atomic E-state index is 12.7. The van der Waals surface area contributed by atoms with Gasteiger partial charge in [0, 0.05) is 18.8 Å². The molecule has 5 nitrogen and oxygen atoms in total. The summed E-state index contributed by atoms with van der Waals surface area (Å²) in [5.41, 5.74) is 1.46. The number of aromatic hydroxyl groups is 2. The molecule has 5 heteroatoms. The molecule has 116 valence electrons. The number of amides is 1. The Morgan fingerprint density at radius 3 is 2.55 bits per heavy atom. The highest BCUT2D eigenvalue weighted by Crippen LogP contribution is 2.33. The van der Waals surface area contributed by atoms with E-state index >= 15 is 0 Å². The Kier molecular flexibility index (Phi) is 4.65. The summed E-state index contributed by atoms with van der Waals surface area (Å²) in [5.74, 6) is -0.516. The first-order valence-corrected chi connectivity index (χ1v) is 7.23. The van der Waals surface area contributed by atoms with Gasteiger partial charge in [0.15, 0.2) is 0 Å². The molecule has 0 bridgehead atoms. The third-order valence-electron chi connectivity index (χ3n) is 3.52. The minimum Gasteiger partial charge on any atom is -0.508 e. The Morgan fingerprint density at radius 1 is 1.27 bits per heavy atom. The van der Waals surface area contributed by atoms with Crippen molar-refractivity contribution in [2.45, 2.75) is 26.7 Å². The first-order valence-electron chi connectivity index (χ1n) is 7.23. The molecule has 0 aliphatic heterocycles. The number of hydrogen-bond donors (Lipinski definition) is 2. The molecule has 2 N–H and O–H groups in total. The minimum absolute atomic E-state index is 0.00604. The van der Waals surface area contributed by atoms with Crippen molar-refractivity contribution in [2.75, 3.05) is 11.4 Å². The third kappa shape index (κ3) is 3.03. The molecular formula is C17H20N2O3. The van der Waals surface area contributed by atoms with Crippen LogP contribution in [0.5, 0.6) is 11.5 Å². The molecule has 0 aliphatic carbocycles. The lowest BCUT2D eigenvalue weighted by molar-refractivity contribution is 0.0985. The largest absolute Gasteiger partial charge is 0.508 e. The first kappa shape index (κ1) is 15.8. The molecule has 0 spiro atoms. The highest BCUT2D eigenvalue weighted by molar-refractivity contribution is 6.08. The zero-order valence-electron chi connectivity index (χ0n) is 12.9. The zero-order valence-corrected chi connectivity index (χ0v) is 12.9. The normalized spacial score (nSPS) is 10.7. The second-order valence-corrected chi connectivity index (χ2v) is 5.34. The molecule has 2 aromatic rings. The molecule has 0 saturated heterocycles. The number of pyridine rings is 1. The fraction of sp³-hybridized carbons (Fsp3) is 0.294. The van der Waals surface area contributed by atoms with E-state index in [-0.39, 0.29) is 28.9 Å².